The third-order valence-electron chi connectivity index (χ3n) is 5.87. The van der Waals surface area contributed by atoms with Gasteiger partial charge < -0.3 is 20.2 Å². The maximum Gasteiger partial charge on any atom is 0.335 e. The lowest BCUT2D eigenvalue weighted by Crippen LogP contribution is -2.48. The lowest BCUT2D eigenvalue weighted by molar-refractivity contribution is -0.138. The van der Waals surface area contributed by atoms with Gasteiger partial charge in [0.1, 0.15) is 0 Å². The lowest BCUT2D eigenvalue weighted by atomic mass is 9.93. The number of hydrogen-bond acceptors (Lipinski definition) is 3. The van der Waals surface area contributed by atoms with E-state index in [0.29, 0.717) is 38.4 Å². The maximum absolute atomic E-state index is 12.7. The van der Waals surface area contributed by atoms with Gasteiger partial charge in [-0.25, -0.2) is 9.59 Å². The SMILES string of the molecule is CC1CCN(C(=O)C2CCN(C(=O)NCc3ccc(C(=O)O)cc3)CC2)CC1. The van der Waals surface area contributed by atoms with Crippen molar-refractivity contribution >= 4 is 17.9 Å². The van der Waals surface area contributed by atoms with Crippen LogP contribution in [0.15, 0.2) is 24.3 Å². The van der Waals surface area contributed by atoms with Gasteiger partial charge in [0.05, 0.1) is 5.56 Å². The van der Waals surface area contributed by atoms with Crippen molar-refractivity contribution in [3.8, 4) is 0 Å². The molecule has 0 bridgehead atoms. The van der Waals surface area contributed by atoms with Gasteiger partial charge in [-0.15, -0.1) is 0 Å². The molecule has 3 rings (SSSR count). The van der Waals surface area contributed by atoms with E-state index in [4.69, 9.17) is 5.11 Å². The fourth-order valence-corrected chi connectivity index (χ4v) is 3.87. The Hall–Kier alpha value is -2.57. The van der Waals surface area contributed by atoms with Crippen molar-refractivity contribution in [2.75, 3.05) is 26.2 Å². The van der Waals surface area contributed by atoms with Gasteiger partial charge in [0, 0.05) is 38.6 Å². The molecule has 0 radical (unpaired) electrons. The first-order chi connectivity index (χ1) is 13.4. The smallest absolute Gasteiger partial charge is 0.335 e. The van der Waals surface area contributed by atoms with Crippen molar-refractivity contribution in [1.29, 1.82) is 0 Å². The molecule has 7 heteroatoms. The summed E-state index contributed by atoms with van der Waals surface area (Å²) in [5, 5.41) is 11.8. The van der Waals surface area contributed by atoms with E-state index in [0.717, 1.165) is 31.5 Å². The van der Waals surface area contributed by atoms with Gasteiger partial charge in [-0.2, -0.15) is 0 Å². The third kappa shape index (κ3) is 5.03. The van der Waals surface area contributed by atoms with Crippen molar-refractivity contribution < 1.29 is 19.5 Å². The molecule has 1 aromatic carbocycles. The highest BCUT2D eigenvalue weighted by atomic mass is 16.4. The summed E-state index contributed by atoms with van der Waals surface area (Å²) in [6, 6.07) is 6.33. The highest BCUT2D eigenvalue weighted by Crippen LogP contribution is 2.23. The molecule has 7 nitrogen and oxygen atoms in total. The summed E-state index contributed by atoms with van der Waals surface area (Å²) in [5.74, 6) is 0.0218. The Balaban J connectivity index is 1.42. The van der Waals surface area contributed by atoms with E-state index < -0.39 is 5.97 Å². The molecule has 0 aliphatic carbocycles. The molecular formula is C21H29N3O4. The minimum Gasteiger partial charge on any atom is -0.478 e. The number of benzene rings is 1. The fourth-order valence-electron chi connectivity index (χ4n) is 3.87. The summed E-state index contributed by atoms with van der Waals surface area (Å²) in [4.78, 5) is 39.7. The van der Waals surface area contributed by atoms with Crippen LogP contribution in [0.3, 0.4) is 0 Å². The van der Waals surface area contributed by atoms with Crippen LogP contribution in [0, 0.1) is 11.8 Å². The molecule has 2 heterocycles. The number of piperidine rings is 2. The fraction of sp³-hybridized carbons (Fsp3) is 0.571. The summed E-state index contributed by atoms with van der Waals surface area (Å²) in [5.41, 5.74) is 1.08. The summed E-state index contributed by atoms with van der Waals surface area (Å²) in [6.07, 6.45) is 3.60. The zero-order valence-corrected chi connectivity index (χ0v) is 16.4. The molecule has 0 aromatic heterocycles. The van der Waals surface area contributed by atoms with Gasteiger partial charge in [-0.3, -0.25) is 4.79 Å². The van der Waals surface area contributed by atoms with Gasteiger partial charge in [-0.05, 0) is 49.3 Å². The van der Waals surface area contributed by atoms with Crippen LogP contribution in [0.5, 0.6) is 0 Å². The van der Waals surface area contributed by atoms with Gasteiger partial charge in [0.15, 0.2) is 0 Å². The Labute approximate surface area is 165 Å². The van der Waals surface area contributed by atoms with Crippen LogP contribution < -0.4 is 5.32 Å². The third-order valence-corrected chi connectivity index (χ3v) is 5.87. The summed E-state index contributed by atoms with van der Waals surface area (Å²) in [7, 11) is 0. The van der Waals surface area contributed by atoms with Crippen LogP contribution in [-0.4, -0.2) is 59.0 Å². The first-order valence-corrected chi connectivity index (χ1v) is 10.1. The largest absolute Gasteiger partial charge is 0.478 e. The number of nitrogens with one attached hydrogen (secondary N) is 1. The Morgan fingerprint density at radius 1 is 0.964 bits per heavy atom. The molecular weight excluding hydrogens is 358 g/mol. The predicted molar refractivity (Wildman–Crippen MR) is 105 cm³/mol. The normalized spacial score (nSPS) is 18.8. The predicted octanol–water partition coefficient (Wildman–Crippen LogP) is 2.56. The number of carbonyl (C=O) groups is 3. The summed E-state index contributed by atoms with van der Waals surface area (Å²) < 4.78 is 0. The van der Waals surface area contributed by atoms with E-state index >= 15 is 0 Å². The first kappa shape index (κ1) is 20.2. The molecule has 152 valence electrons. The molecule has 1 aromatic rings. The molecule has 0 spiro atoms. The minimum atomic E-state index is -0.966. The zero-order chi connectivity index (χ0) is 20.1. The average molecular weight is 387 g/mol. The van der Waals surface area contributed by atoms with Crippen molar-refractivity contribution in [1.82, 2.24) is 15.1 Å². The molecule has 2 aliphatic rings. The average Bonchev–Trinajstić information content (AvgIpc) is 2.72. The number of nitrogens with zero attached hydrogens (tertiary/aromatic N) is 2. The number of hydrogen-bond donors (Lipinski definition) is 2. The second-order valence-corrected chi connectivity index (χ2v) is 7.93. The molecule has 0 saturated carbocycles. The second-order valence-electron chi connectivity index (χ2n) is 7.93. The van der Waals surface area contributed by atoms with Gasteiger partial charge in [-0.1, -0.05) is 19.1 Å². The van der Waals surface area contributed by atoms with Crippen LogP contribution in [0.4, 0.5) is 4.79 Å². The summed E-state index contributed by atoms with van der Waals surface area (Å²) in [6.45, 7) is 5.49. The van der Waals surface area contributed by atoms with E-state index in [9.17, 15) is 14.4 Å². The quantitative estimate of drug-likeness (QED) is 0.831. The highest BCUT2D eigenvalue weighted by Gasteiger charge is 2.31. The van der Waals surface area contributed by atoms with Crippen LogP contribution >= 0.6 is 0 Å². The van der Waals surface area contributed by atoms with E-state index in [2.05, 4.69) is 12.2 Å². The molecule has 2 aliphatic heterocycles. The number of carboxylic acid groups (broad SMARTS) is 1. The Kier molecular flexibility index (Phi) is 6.54. The van der Waals surface area contributed by atoms with Gasteiger partial charge in [0.25, 0.3) is 0 Å². The van der Waals surface area contributed by atoms with Crippen molar-refractivity contribution in [3.05, 3.63) is 35.4 Å². The molecule has 2 fully saturated rings. The monoisotopic (exact) mass is 387 g/mol. The number of rotatable bonds is 4. The second kappa shape index (κ2) is 9.08. The highest BCUT2D eigenvalue weighted by molar-refractivity contribution is 5.87. The van der Waals surface area contributed by atoms with Crippen molar-refractivity contribution in [3.63, 3.8) is 0 Å². The number of carboxylic acids is 1. The van der Waals surface area contributed by atoms with Crippen LogP contribution in [0.1, 0.15) is 48.5 Å². The van der Waals surface area contributed by atoms with E-state index in [1.165, 1.54) is 12.1 Å². The number of urea groups is 1. The van der Waals surface area contributed by atoms with Crippen LogP contribution in [0.2, 0.25) is 0 Å². The van der Waals surface area contributed by atoms with E-state index in [1.807, 2.05) is 4.90 Å². The first-order valence-electron chi connectivity index (χ1n) is 10.1. The maximum atomic E-state index is 12.7. The lowest BCUT2D eigenvalue weighted by Gasteiger charge is -2.36. The molecule has 2 N–H and O–H groups in total. The molecule has 2 saturated heterocycles. The topological polar surface area (TPSA) is 90.0 Å². The van der Waals surface area contributed by atoms with Crippen molar-refractivity contribution in [2.24, 2.45) is 11.8 Å². The number of likely N-dealkylation sites (tertiary alicyclic amines) is 2. The van der Waals surface area contributed by atoms with Gasteiger partial charge >= 0.3 is 12.0 Å². The molecule has 3 amide bonds. The Bertz CT molecular complexity index is 703. The number of carbonyl (C=O) groups excluding carboxylic acids is 2. The molecule has 0 atom stereocenters. The Morgan fingerprint density at radius 3 is 2.11 bits per heavy atom. The van der Waals surface area contributed by atoms with E-state index in [-0.39, 0.29) is 23.4 Å². The number of aromatic carboxylic acids is 1. The van der Waals surface area contributed by atoms with Crippen LogP contribution in [-0.2, 0) is 11.3 Å². The minimum absolute atomic E-state index is 0.0287. The van der Waals surface area contributed by atoms with E-state index in [1.54, 1.807) is 17.0 Å². The van der Waals surface area contributed by atoms with Gasteiger partial charge in [0.2, 0.25) is 5.91 Å². The van der Waals surface area contributed by atoms with Crippen molar-refractivity contribution in [2.45, 2.75) is 39.2 Å². The zero-order valence-electron chi connectivity index (χ0n) is 16.4. The standard InChI is InChI=1S/C21H29N3O4/c1-15-6-10-23(11-7-15)19(25)17-8-12-24(13-9-17)21(28)22-14-16-2-4-18(5-3-16)20(26)27/h2-5,15,17H,6-14H2,1H3,(H,22,28)(H,26,27). The number of amides is 3. The van der Waals surface area contributed by atoms with Crippen LogP contribution in [0.25, 0.3) is 0 Å². The Morgan fingerprint density at radius 2 is 1.54 bits per heavy atom. The molecule has 28 heavy (non-hydrogen) atoms. The summed E-state index contributed by atoms with van der Waals surface area (Å²) >= 11 is 0. The molecule has 0 unspecified atom stereocenters.